The van der Waals surface area contributed by atoms with Crippen LogP contribution < -0.4 is 21.7 Å². The number of aliphatic carboxylic acids is 4. The highest BCUT2D eigenvalue weighted by Crippen LogP contribution is 2.36. The Morgan fingerprint density at radius 1 is 0.630 bits per heavy atom. The molecule has 2 atom stereocenters. The van der Waals surface area contributed by atoms with E-state index in [1.54, 1.807) is 24.3 Å². The van der Waals surface area contributed by atoms with E-state index in [0.717, 1.165) is 6.42 Å². The maximum absolute atomic E-state index is 13.6. The lowest BCUT2D eigenvalue weighted by Crippen LogP contribution is -2.40. The zero-order valence-electron chi connectivity index (χ0n) is 30.2. The Kier molecular flexibility index (Phi) is 21.0. The van der Waals surface area contributed by atoms with E-state index in [2.05, 4.69) is 16.0 Å². The van der Waals surface area contributed by atoms with Crippen molar-refractivity contribution in [2.24, 2.45) is 5.73 Å². The van der Waals surface area contributed by atoms with Gasteiger partial charge in [0, 0.05) is 62.0 Å². The van der Waals surface area contributed by atoms with Crippen molar-refractivity contribution in [1.29, 1.82) is 0 Å². The number of ketones is 2. The molecule has 54 heavy (non-hydrogen) atoms. The number of nitrogens with two attached hydrogens (primary N) is 1. The molecule has 18 nitrogen and oxygen atoms in total. The molecule has 3 rings (SSSR count). The molecule has 1 aliphatic carbocycles. The van der Waals surface area contributed by atoms with Gasteiger partial charge in [-0.1, -0.05) is 24.3 Å². The molecule has 2 aromatic carbocycles. The van der Waals surface area contributed by atoms with Gasteiger partial charge >= 0.3 is 23.9 Å². The lowest BCUT2D eigenvalue weighted by atomic mass is 9.82. The number of nitrogens with one attached hydrogen (secondary N) is 3. The van der Waals surface area contributed by atoms with E-state index in [1.807, 2.05) is 19.1 Å². The standard InChI is InChI=1S/C32H43N3O10.C4H7NO4/c1-2-42-17-18-43-14-5-11-33-24-9-10-25(29-28(24)30(38)22-7-3-4-8-23(22)31(29)39)34-12-6-15-44-19-20-45-16-13-35-26(32(40)41)21-27(36)37;5-2(4(8)9)1-3(6)7/h3-4,7-10,26,33-35H,2,5-6,11-21H2,1H3,(H,36,37)(H,40,41);2H,1,5H2,(H,6,7)(H,8,9). The molecule has 1 aliphatic rings. The van der Waals surface area contributed by atoms with Crippen LogP contribution in [-0.4, -0.2) is 140 Å². The predicted molar refractivity (Wildman–Crippen MR) is 194 cm³/mol. The number of benzene rings is 2. The van der Waals surface area contributed by atoms with Crippen LogP contribution in [-0.2, 0) is 38.1 Å². The molecule has 0 fully saturated rings. The third kappa shape index (κ3) is 15.9. The van der Waals surface area contributed by atoms with E-state index in [-0.39, 0.29) is 24.7 Å². The van der Waals surface area contributed by atoms with Crippen LogP contribution >= 0.6 is 0 Å². The molecule has 0 aromatic heterocycles. The largest absolute Gasteiger partial charge is 0.481 e. The summed E-state index contributed by atoms with van der Waals surface area (Å²) in [5.74, 6) is -5.32. The molecule has 0 spiro atoms. The van der Waals surface area contributed by atoms with E-state index in [1.165, 1.54) is 0 Å². The minimum atomic E-state index is -1.29. The first-order chi connectivity index (χ1) is 25.9. The Labute approximate surface area is 312 Å². The normalized spacial score (nSPS) is 12.8. The van der Waals surface area contributed by atoms with E-state index < -0.39 is 48.8 Å². The van der Waals surface area contributed by atoms with Gasteiger partial charge in [0.05, 0.1) is 57.0 Å². The van der Waals surface area contributed by atoms with Crippen LogP contribution in [0.3, 0.4) is 0 Å². The third-order valence-electron chi connectivity index (χ3n) is 7.61. The van der Waals surface area contributed by atoms with Crippen molar-refractivity contribution in [3.05, 3.63) is 58.7 Å². The molecule has 0 aliphatic heterocycles. The summed E-state index contributed by atoms with van der Waals surface area (Å²) < 4.78 is 21.8. The molecular weight excluding hydrogens is 712 g/mol. The van der Waals surface area contributed by atoms with Crippen LogP contribution in [0.25, 0.3) is 0 Å². The number of hydrogen-bond acceptors (Lipinski definition) is 14. The second-order valence-corrected chi connectivity index (χ2v) is 11.7. The van der Waals surface area contributed by atoms with Crippen molar-refractivity contribution < 1.29 is 68.1 Å². The van der Waals surface area contributed by atoms with Crippen LogP contribution in [0.15, 0.2) is 36.4 Å². The van der Waals surface area contributed by atoms with Gasteiger partial charge in [0.2, 0.25) is 0 Å². The minimum absolute atomic E-state index is 0.196. The van der Waals surface area contributed by atoms with Gasteiger partial charge in [-0.2, -0.15) is 0 Å². The van der Waals surface area contributed by atoms with Crippen molar-refractivity contribution in [3.63, 3.8) is 0 Å². The van der Waals surface area contributed by atoms with Crippen molar-refractivity contribution in [2.45, 2.75) is 44.7 Å². The second-order valence-electron chi connectivity index (χ2n) is 11.7. The fourth-order valence-electron chi connectivity index (χ4n) is 5.00. The third-order valence-corrected chi connectivity index (χ3v) is 7.61. The zero-order valence-corrected chi connectivity index (χ0v) is 30.2. The monoisotopic (exact) mass is 762 g/mol. The average molecular weight is 763 g/mol. The predicted octanol–water partition coefficient (Wildman–Crippen LogP) is 1.54. The van der Waals surface area contributed by atoms with Crippen LogP contribution in [0.5, 0.6) is 0 Å². The first-order valence-electron chi connectivity index (χ1n) is 17.4. The number of fused-ring (bicyclic) bond motifs is 2. The van der Waals surface area contributed by atoms with Gasteiger partial charge in [-0.05, 0) is 31.9 Å². The Morgan fingerprint density at radius 2 is 1.09 bits per heavy atom. The van der Waals surface area contributed by atoms with Crippen molar-refractivity contribution in [3.8, 4) is 0 Å². The van der Waals surface area contributed by atoms with Crippen LogP contribution in [0.4, 0.5) is 11.4 Å². The highest BCUT2D eigenvalue weighted by molar-refractivity contribution is 6.31. The van der Waals surface area contributed by atoms with E-state index in [9.17, 15) is 28.8 Å². The summed E-state index contributed by atoms with van der Waals surface area (Å²) in [5.41, 5.74) is 7.52. The van der Waals surface area contributed by atoms with E-state index in [0.29, 0.717) is 99.4 Å². The summed E-state index contributed by atoms with van der Waals surface area (Å²) in [4.78, 5) is 68.5. The molecule has 0 bridgehead atoms. The molecule has 298 valence electrons. The molecule has 0 saturated heterocycles. The number of carbonyl (C=O) groups is 6. The summed E-state index contributed by atoms with van der Waals surface area (Å²) in [7, 11) is 0. The first kappa shape index (κ1) is 45.2. The number of carboxylic acid groups (broad SMARTS) is 4. The van der Waals surface area contributed by atoms with E-state index >= 15 is 0 Å². The maximum atomic E-state index is 13.6. The molecule has 2 aromatic rings. The molecule has 0 radical (unpaired) electrons. The van der Waals surface area contributed by atoms with Gasteiger partial charge in [-0.25, -0.2) is 0 Å². The SMILES string of the molecule is CCOCCOCCCNc1ccc(NCCCOCCOCCNC(CC(=O)O)C(=O)O)c2c1C(=O)c1ccccc1C2=O.NC(CC(=O)O)C(=O)O. The fourth-order valence-corrected chi connectivity index (χ4v) is 5.00. The van der Waals surface area contributed by atoms with Gasteiger partial charge in [-0.3, -0.25) is 28.8 Å². The molecule has 18 heteroatoms. The average Bonchev–Trinajstić information content (AvgIpc) is 3.13. The summed E-state index contributed by atoms with van der Waals surface area (Å²) in [6, 6.07) is 8.03. The molecule has 9 N–H and O–H groups in total. The molecule has 2 unspecified atom stereocenters. The molecular formula is C36H50N4O14. The Bertz CT molecular complexity index is 1550. The van der Waals surface area contributed by atoms with Gasteiger partial charge in [-0.15, -0.1) is 0 Å². The van der Waals surface area contributed by atoms with Crippen molar-refractivity contribution >= 4 is 46.8 Å². The number of ether oxygens (including phenoxy) is 4. The topological polar surface area (TPSA) is 282 Å². The maximum Gasteiger partial charge on any atom is 0.321 e. The number of anilines is 2. The van der Waals surface area contributed by atoms with Crippen molar-refractivity contribution in [1.82, 2.24) is 5.32 Å². The lowest BCUT2D eigenvalue weighted by molar-refractivity contribution is -0.146. The van der Waals surface area contributed by atoms with Gasteiger partial charge < -0.3 is 61.1 Å². The minimum Gasteiger partial charge on any atom is -0.481 e. The highest BCUT2D eigenvalue weighted by atomic mass is 16.5. The lowest BCUT2D eigenvalue weighted by Gasteiger charge is -2.24. The fraction of sp³-hybridized carbons (Fsp3) is 0.500. The number of hydrogen-bond donors (Lipinski definition) is 8. The van der Waals surface area contributed by atoms with Gasteiger partial charge in [0.25, 0.3) is 0 Å². The summed E-state index contributed by atoms with van der Waals surface area (Å²) in [6.07, 6.45) is 0.308. The molecule has 0 amide bonds. The Balaban J connectivity index is 0.000000990. The van der Waals surface area contributed by atoms with Gasteiger partial charge in [0.15, 0.2) is 11.6 Å². The number of carboxylic acids is 4. The number of carbonyl (C=O) groups excluding carboxylic acids is 2. The quantitative estimate of drug-likeness (QED) is 0.0511. The van der Waals surface area contributed by atoms with Crippen molar-refractivity contribution in [2.75, 3.05) is 83.1 Å². The Morgan fingerprint density at radius 3 is 1.50 bits per heavy atom. The summed E-state index contributed by atoms with van der Waals surface area (Å²) in [5, 5.41) is 43.0. The second kappa shape index (κ2) is 25.1. The smallest absolute Gasteiger partial charge is 0.321 e. The van der Waals surface area contributed by atoms with Crippen LogP contribution in [0.2, 0.25) is 0 Å². The van der Waals surface area contributed by atoms with E-state index in [4.69, 9.17) is 45.1 Å². The van der Waals surface area contributed by atoms with Crippen LogP contribution in [0, 0.1) is 0 Å². The summed E-state index contributed by atoms with van der Waals surface area (Å²) >= 11 is 0. The molecule has 0 heterocycles. The highest BCUT2D eigenvalue weighted by Gasteiger charge is 2.33. The summed E-state index contributed by atoms with van der Waals surface area (Å²) in [6.45, 7) is 6.75. The van der Waals surface area contributed by atoms with Crippen LogP contribution in [0.1, 0.15) is 64.4 Å². The zero-order chi connectivity index (χ0) is 39.9. The number of rotatable bonds is 27. The Hall–Kier alpha value is -4.98. The first-order valence-corrected chi connectivity index (χ1v) is 17.4. The van der Waals surface area contributed by atoms with Gasteiger partial charge in [0.1, 0.15) is 12.1 Å². The molecule has 0 saturated carbocycles.